The summed E-state index contributed by atoms with van der Waals surface area (Å²) in [5.74, 6) is 0.219. The fourth-order valence-electron chi connectivity index (χ4n) is 2.88. The summed E-state index contributed by atoms with van der Waals surface area (Å²) in [6, 6.07) is 11.1. The summed E-state index contributed by atoms with van der Waals surface area (Å²) < 4.78 is 17.6. The number of hydrogen-bond acceptors (Lipinski definition) is 6. The fraction of sp³-hybridized carbons (Fsp3) is 0.318. The Morgan fingerprint density at radius 1 is 1.13 bits per heavy atom. The SMILES string of the molecule is CCCc1ccc(OCc2ccc(C(=O)Nc3cn(CC)nc3C(=O)OC)o2)cc1. The largest absolute Gasteiger partial charge is 0.486 e. The molecule has 8 nitrogen and oxygen atoms in total. The predicted molar refractivity (Wildman–Crippen MR) is 111 cm³/mol. The number of hydrogen-bond donors (Lipinski definition) is 1. The number of carbonyl (C=O) groups excluding carboxylic acids is 2. The molecule has 0 aliphatic rings. The lowest BCUT2D eigenvalue weighted by Crippen LogP contribution is -2.14. The van der Waals surface area contributed by atoms with Gasteiger partial charge in [0.25, 0.3) is 5.91 Å². The number of ether oxygens (including phenoxy) is 2. The van der Waals surface area contributed by atoms with Crippen LogP contribution in [0.15, 0.2) is 47.0 Å². The van der Waals surface area contributed by atoms with Gasteiger partial charge in [-0.2, -0.15) is 5.10 Å². The van der Waals surface area contributed by atoms with Gasteiger partial charge < -0.3 is 19.2 Å². The molecule has 2 heterocycles. The molecule has 158 valence electrons. The van der Waals surface area contributed by atoms with Crippen molar-refractivity contribution in [3.05, 3.63) is 65.4 Å². The van der Waals surface area contributed by atoms with Crippen LogP contribution in [0, 0.1) is 0 Å². The molecule has 1 N–H and O–H groups in total. The number of methoxy groups -OCH3 is 1. The summed E-state index contributed by atoms with van der Waals surface area (Å²) in [7, 11) is 1.26. The number of nitrogens with one attached hydrogen (secondary N) is 1. The van der Waals surface area contributed by atoms with Crippen LogP contribution in [-0.2, 0) is 24.3 Å². The zero-order valence-electron chi connectivity index (χ0n) is 17.3. The van der Waals surface area contributed by atoms with Crippen molar-refractivity contribution in [2.45, 2.75) is 39.8 Å². The molecular weight excluding hydrogens is 386 g/mol. The van der Waals surface area contributed by atoms with Crippen LogP contribution in [0.2, 0.25) is 0 Å². The van der Waals surface area contributed by atoms with Crippen LogP contribution in [-0.4, -0.2) is 28.8 Å². The van der Waals surface area contributed by atoms with Crippen molar-refractivity contribution in [2.24, 2.45) is 0 Å². The van der Waals surface area contributed by atoms with E-state index >= 15 is 0 Å². The maximum absolute atomic E-state index is 12.5. The Kier molecular flexibility index (Phi) is 6.90. The van der Waals surface area contributed by atoms with Crippen LogP contribution in [0.25, 0.3) is 0 Å². The molecule has 3 rings (SSSR count). The highest BCUT2D eigenvalue weighted by atomic mass is 16.5. The topological polar surface area (TPSA) is 95.6 Å². The Morgan fingerprint density at radius 2 is 1.90 bits per heavy atom. The van der Waals surface area contributed by atoms with E-state index in [-0.39, 0.29) is 23.7 Å². The fourth-order valence-corrected chi connectivity index (χ4v) is 2.88. The van der Waals surface area contributed by atoms with Gasteiger partial charge in [0.15, 0.2) is 11.5 Å². The Balaban J connectivity index is 1.62. The zero-order chi connectivity index (χ0) is 21.5. The van der Waals surface area contributed by atoms with Gasteiger partial charge in [0.1, 0.15) is 18.1 Å². The molecule has 0 aliphatic heterocycles. The number of benzene rings is 1. The molecule has 0 bridgehead atoms. The number of aromatic nitrogens is 2. The van der Waals surface area contributed by atoms with E-state index in [0.717, 1.165) is 18.6 Å². The molecule has 1 amide bonds. The van der Waals surface area contributed by atoms with Crippen molar-refractivity contribution in [2.75, 3.05) is 12.4 Å². The van der Waals surface area contributed by atoms with E-state index in [9.17, 15) is 9.59 Å². The Hall–Kier alpha value is -3.55. The molecule has 1 aromatic carbocycles. The summed E-state index contributed by atoms with van der Waals surface area (Å²) in [6.07, 6.45) is 3.70. The van der Waals surface area contributed by atoms with Crippen molar-refractivity contribution in [3.8, 4) is 5.75 Å². The summed E-state index contributed by atoms with van der Waals surface area (Å²) in [6.45, 7) is 4.75. The van der Waals surface area contributed by atoms with Crippen molar-refractivity contribution >= 4 is 17.6 Å². The highest BCUT2D eigenvalue weighted by molar-refractivity contribution is 6.05. The minimum atomic E-state index is -0.629. The van der Waals surface area contributed by atoms with Crippen LogP contribution in [0.4, 0.5) is 5.69 Å². The van der Waals surface area contributed by atoms with E-state index in [1.807, 2.05) is 31.2 Å². The first-order valence-electron chi connectivity index (χ1n) is 9.81. The van der Waals surface area contributed by atoms with Gasteiger partial charge in [0, 0.05) is 12.7 Å². The third kappa shape index (κ3) is 5.08. The number of furan rings is 1. The molecule has 0 aliphatic carbocycles. The number of rotatable bonds is 9. The van der Waals surface area contributed by atoms with Crippen LogP contribution in [0.5, 0.6) is 5.75 Å². The first-order valence-corrected chi connectivity index (χ1v) is 9.81. The number of esters is 1. The smallest absolute Gasteiger partial charge is 0.360 e. The van der Waals surface area contributed by atoms with E-state index < -0.39 is 11.9 Å². The molecule has 0 radical (unpaired) electrons. The second kappa shape index (κ2) is 9.78. The zero-order valence-corrected chi connectivity index (χ0v) is 17.3. The number of nitrogens with zero attached hydrogens (tertiary/aromatic N) is 2. The van der Waals surface area contributed by atoms with E-state index in [1.54, 1.807) is 18.3 Å². The summed E-state index contributed by atoms with van der Waals surface area (Å²) in [5, 5.41) is 6.75. The molecule has 30 heavy (non-hydrogen) atoms. The van der Waals surface area contributed by atoms with E-state index in [0.29, 0.717) is 12.3 Å². The van der Waals surface area contributed by atoms with Crippen molar-refractivity contribution in [1.29, 1.82) is 0 Å². The first-order chi connectivity index (χ1) is 14.5. The average molecular weight is 411 g/mol. The Morgan fingerprint density at radius 3 is 2.57 bits per heavy atom. The number of amides is 1. The molecule has 0 saturated carbocycles. The number of aryl methyl sites for hydroxylation is 2. The maximum Gasteiger partial charge on any atom is 0.360 e. The van der Waals surface area contributed by atoms with Gasteiger partial charge in [0.05, 0.1) is 12.8 Å². The van der Waals surface area contributed by atoms with E-state index in [2.05, 4.69) is 17.3 Å². The molecule has 0 fully saturated rings. The molecule has 0 saturated heterocycles. The van der Waals surface area contributed by atoms with E-state index in [1.165, 1.54) is 17.4 Å². The normalized spacial score (nSPS) is 10.6. The second-order valence-electron chi connectivity index (χ2n) is 6.64. The van der Waals surface area contributed by atoms with Crippen molar-refractivity contribution < 1.29 is 23.5 Å². The van der Waals surface area contributed by atoms with Crippen LogP contribution < -0.4 is 10.1 Å². The summed E-state index contributed by atoms with van der Waals surface area (Å²) in [4.78, 5) is 24.4. The van der Waals surface area contributed by atoms with Gasteiger partial charge in [-0.05, 0) is 43.2 Å². The minimum absolute atomic E-state index is 0.0364. The highest BCUT2D eigenvalue weighted by Crippen LogP contribution is 2.19. The monoisotopic (exact) mass is 411 g/mol. The molecule has 2 aromatic heterocycles. The number of carbonyl (C=O) groups is 2. The van der Waals surface area contributed by atoms with Gasteiger partial charge in [0.2, 0.25) is 0 Å². The van der Waals surface area contributed by atoms with Crippen LogP contribution in [0.3, 0.4) is 0 Å². The molecule has 8 heteroatoms. The van der Waals surface area contributed by atoms with Gasteiger partial charge in [-0.15, -0.1) is 0 Å². The minimum Gasteiger partial charge on any atom is -0.486 e. The summed E-state index contributed by atoms with van der Waals surface area (Å²) in [5.41, 5.74) is 1.56. The Bertz CT molecular complexity index is 1000. The highest BCUT2D eigenvalue weighted by Gasteiger charge is 2.21. The Labute approximate surface area is 174 Å². The lowest BCUT2D eigenvalue weighted by Gasteiger charge is -2.05. The molecule has 3 aromatic rings. The number of anilines is 1. The average Bonchev–Trinajstić information content (AvgIpc) is 3.40. The standard InChI is InChI=1S/C22H25N3O5/c1-4-6-15-7-9-16(10-8-15)29-14-17-11-12-19(30-17)21(26)23-18-13-25(5-2)24-20(18)22(27)28-3/h7-13H,4-6,14H2,1-3H3,(H,23,26). The maximum atomic E-state index is 12.5. The van der Waals surface area contributed by atoms with Gasteiger partial charge >= 0.3 is 5.97 Å². The van der Waals surface area contributed by atoms with Gasteiger partial charge in [-0.25, -0.2) is 4.79 Å². The quantitative estimate of drug-likeness (QED) is 0.534. The van der Waals surface area contributed by atoms with E-state index in [4.69, 9.17) is 13.9 Å². The third-order valence-electron chi connectivity index (χ3n) is 4.44. The summed E-state index contributed by atoms with van der Waals surface area (Å²) >= 11 is 0. The second-order valence-corrected chi connectivity index (χ2v) is 6.64. The predicted octanol–water partition coefficient (Wildman–Crippen LogP) is 4.07. The first kappa shape index (κ1) is 21.2. The van der Waals surface area contributed by atoms with Gasteiger partial charge in [-0.3, -0.25) is 9.48 Å². The van der Waals surface area contributed by atoms with Crippen LogP contribution in [0.1, 0.15) is 52.6 Å². The van der Waals surface area contributed by atoms with Crippen molar-refractivity contribution in [1.82, 2.24) is 9.78 Å². The third-order valence-corrected chi connectivity index (χ3v) is 4.44. The van der Waals surface area contributed by atoms with Gasteiger partial charge in [-0.1, -0.05) is 25.5 Å². The molecular formula is C22H25N3O5. The molecule has 0 spiro atoms. The molecule has 0 atom stereocenters. The molecule has 0 unspecified atom stereocenters. The van der Waals surface area contributed by atoms with Crippen molar-refractivity contribution in [3.63, 3.8) is 0 Å². The van der Waals surface area contributed by atoms with Crippen LogP contribution >= 0.6 is 0 Å². The lowest BCUT2D eigenvalue weighted by molar-refractivity contribution is 0.0594. The lowest BCUT2D eigenvalue weighted by atomic mass is 10.1.